The molecule has 0 saturated heterocycles. The van der Waals surface area contributed by atoms with Gasteiger partial charge in [-0.05, 0) is 18.4 Å². The first-order valence-corrected chi connectivity index (χ1v) is 6.39. The van der Waals surface area contributed by atoms with Crippen molar-refractivity contribution in [2.45, 2.75) is 32.4 Å². The van der Waals surface area contributed by atoms with E-state index < -0.39 is 0 Å². The summed E-state index contributed by atoms with van der Waals surface area (Å²) in [4.78, 5) is 4.22. The summed E-state index contributed by atoms with van der Waals surface area (Å²) in [6.45, 7) is 2.93. The molecule has 2 rings (SSSR count). The molecule has 0 aliphatic heterocycles. The molecule has 0 aliphatic carbocycles. The molecule has 1 N–H and O–H groups in total. The van der Waals surface area contributed by atoms with Crippen LogP contribution in [0.15, 0.2) is 36.7 Å². The largest absolute Gasteiger partial charge is 0.307 e. The van der Waals surface area contributed by atoms with Crippen LogP contribution in [0.4, 0.5) is 0 Å². The Morgan fingerprint density at radius 2 is 2.06 bits per heavy atom. The number of aryl methyl sites for hydroxylation is 1. The summed E-state index contributed by atoms with van der Waals surface area (Å²) < 4.78 is 1.73. The van der Waals surface area contributed by atoms with Gasteiger partial charge in [0.05, 0.1) is 6.54 Å². The van der Waals surface area contributed by atoms with Crippen LogP contribution in [-0.4, -0.2) is 20.8 Å². The highest BCUT2D eigenvalue weighted by molar-refractivity contribution is 5.15. The molecule has 1 aromatic carbocycles. The van der Waals surface area contributed by atoms with Gasteiger partial charge >= 0.3 is 0 Å². The predicted octanol–water partition coefficient (Wildman–Crippen LogP) is 1.93. The summed E-state index contributed by atoms with van der Waals surface area (Å²) in [7, 11) is 1.89. The highest BCUT2D eigenvalue weighted by Gasteiger charge is 2.08. The predicted molar refractivity (Wildman–Crippen MR) is 72.1 cm³/mol. The zero-order valence-electron chi connectivity index (χ0n) is 11.0. The number of rotatable bonds is 6. The van der Waals surface area contributed by atoms with Crippen molar-refractivity contribution >= 4 is 0 Å². The molecule has 0 saturated carbocycles. The van der Waals surface area contributed by atoms with E-state index in [0.29, 0.717) is 6.04 Å². The normalized spacial score (nSPS) is 12.6. The van der Waals surface area contributed by atoms with E-state index in [-0.39, 0.29) is 0 Å². The average molecular weight is 244 g/mol. The fraction of sp³-hybridized carbons (Fsp3) is 0.429. The summed E-state index contributed by atoms with van der Waals surface area (Å²) >= 11 is 0. The maximum absolute atomic E-state index is 4.27. The molecule has 96 valence electrons. The van der Waals surface area contributed by atoms with Gasteiger partial charge in [0.25, 0.3) is 0 Å². The molecule has 4 heteroatoms. The van der Waals surface area contributed by atoms with E-state index in [0.717, 1.165) is 25.2 Å². The standard InChI is InChI=1S/C14H20N4/c1-3-13(9-12-7-5-4-6-8-12)15-10-14-16-11-18(2)17-14/h4-8,11,13,15H,3,9-10H2,1-2H3. The van der Waals surface area contributed by atoms with Crippen molar-refractivity contribution < 1.29 is 0 Å². The molecule has 1 aromatic heterocycles. The van der Waals surface area contributed by atoms with E-state index in [1.165, 1.54) is 5.56 Å². The summed E-state index contributed by atoms with van der Waals surface area (Å²) in [5.41, 5.74) is 1.37. The Morgan fingerprint density at radius 3 is 2.67 bits per heavy atom. The fourth-order valence-electron chi connectivity index (χ4n) is 1.96. The van der Waals surface area contributed by atoms with E-state index in [1.807, 2.05) is 7.05 Å². The maximum atomic E-state index is 4.27. The third-order valence-electron chi connectivity index (χ3n) is 3.01. The monoisotopic (exact) mass is 244 g/mol. The van der Waals surface area contributed by atoms with Gasteiger partial charge in [-0.3, -0.25) is 4.68 Å². The van der Waals surface area contributed by atoms with E-state index in [4.69, 9.17) is 0 Å². The van der Waals surface area contributed by atoms with Crippen LogP contribution in [0.1, 0.15) is 24.7 Å². The first kappa shape index (κ1) is 12.8. The third kappa shape index (κ3) is 3.67. The second-order valence-corrected chi connectivity index (χ2v) is 4.51. The topological polar surface area (TPSA) is 42.7 Å². The summed E-state index contributed by atoms with van der Waals surface area (Å²) in [5.74, 6) is 0.851. The van der Waals surface area contributed by atoms with Crippen molar-refractivity contribution in [1.29, 1.82) is 0 Å². The van der Waals surface area contributed by atoms with Crippen LogP contribution in [0.5, 0.6) is 0 Å². The fourth-order valence-corrected chi connectivity index (χ4v) is 1.96. The smallest absolute Gasteiger partial charge is 0.164 e. The molecule has 0 radical (unpaired) electrons. The minimum atomic E-state index is 0.469. The molecule has 0 bridgehead atoms. The number of benzene rings is 1. The lowest BCUT2D eigenvalue weighted by Gasteiger charge is -2.15. The molecular formula is C14H20N4. The highest BCUT2D eigenvalue weighted by atomic mass is 15.3. The molecule has 1 unspecified atom stereocenters. The third-order valence-corrected chi connectivity index (χ3v) is 3.01. The Labute approximate surface area is 108 Å². The van der Waals surface area contributed by atoms with Crippen molar-refractivity contribution in [3.8, 4) is 0 Å². The molecule has 0 fully saturated rings. The van der Waals surface area contributed by atoms with Crippen molar-refractivity contribution in [3.05, 3.63) is 48.0 Å². The van der Waals surface area contributed by atoms with Gasteiger partial charge in [0, 0.05) is 13.1 Å². The number of nitrogens with one attached hydrogen (secondary N) is 1. The zero-order valence-corrected chi connectivity index (χ0v) is 11.0. The maximum Gasteiger partial charge on any atom is 0.164 e. The van der Waals surface area contributed by atoms with Gasteiger partial charge < -0.3 is 5.32 Å². The van der Waals surface area contributed by atoms with Crippen LogP contribution in [0, 0.1) is 0 Å². The van der Waals surface area contributed by atoms with Gasteiger partial charge in [-0.1, -0.05) is 37.3 Å². The van der Waals surface area contributed by atoms with Crippen LogP contribution in [0.2, 0.25) is 0 Å². The highest BCUT2D eigenvalue weighted by Crippen LogP contribution is 2.06. The van der Waals surface area contributed by atoms with Crippen LogP contribution in [0.3, 0.4) is 0 Å². The van der Waals surface area contributed by atoms with E-state index in [1.54, 1.807) is 11.0 Å². The second-order valence-electron chi connectivity index (χ2n) is 4.51. The Hall–Kier alpha value is -1.68. The van der Waals surface area contributed by atoms with Gasteiger partial charge in [0.2, 0.25) is 0 Å². The summed E-state index contributed by atoms with van der Waals surface area (Å²) in [6, 6.07) is 11.0. The molecule has 0 spiro atoms. The van der Waals surface area contributed by atoms with Gasteiger partial charge in [-0.15, -0.1) is 0 Å². The molecule has 1 heterocycles. The molecule has 4 nitrogen and oxygen atoms in total. The quantitative estimate of drug-likeness (QED) is 0.844. The number of nitrogens with zero attached hydrogens (tertiary/aromatic N) is 3. The number of aromatic nitrogens is 3. The molecule has 1 atom stereocenters. The van der Waals surface area contributed by atoms with Crippen molar-refractivity contribution in [2.24, 2.45) is 7.05 Å². The Bertz CT molecular complexity index is 464. The van der Waals surface area contributed by atoms with Gasteiger partial charge in [0.1, 0.15) is 6.33 Å². The minimum Gasteiger partial charge on any atom is -0.307 e. The van der Waals surface area contributed by atoms with Gasteiger partial charge in [-0.25, -0.2) is 4.98 Å². The summed E-state index contributed by atoms with van der Waals surface area (Å²) in [6.07, 6.45) is 3.88. The van der Waals surface area contributed by atoms with E-state index in [2.05, 4.69) is 52.7 Å². The Kier molecular flexibility index (Phi) is 4.47. The molecule has 2 aromatic rings. The van der Waals surface area contributed by atoms with Crippen molar-refractivity contribution in [3.63, 3.8) is 0 Å². The first-order chi connectivity index (χ1) is 8.78. The van der Waals surface area contributed by atoms with Crippen LogP contribution in [0.25, 0.3) is 0 Å². The lowest BCUT2D eigenvalue weighted by molar-refractivity contribution is 0.484. The SMILES string of the molecule is CCC(Cc1ccccc1)NCc1ncn(C)n1. The van der Waals surface area contributed by atoms with Gasteiger partial charge in [0.15, 0.2) is 5.82 Å². The minimum absolute atomic E-state index is 0.469. The van der Waals surface area contributed by atoms with Crippen LogP contribution < -0.4 is 5.32 Å². The lowest BCUT2D eigenvalue weighted by atomic mass is 10.0. The van der Waals surface area contributed by atoms with Crippen molar-refractivity contribution in [2.75, 3.05) is 0 Å². The lowest BCUT2D eigenvalue weighted by Crippen LogP contribution is -2.30. The van der Waals surface area contributed by atoms with Gasteiger partial charge in [-0.2, -0.15) is 5.10 Å². The Morgan fingerprint density at radius 1 is 1.28 bits per heavy atom. The Balaban J connectivity index is 1.86. The summed E-state index contributed by atoms with van der Waals surface area (Å²) in [5, 5.41) is 7.78. The van der Waals surface area contributed by atoms with Crippen LogP contribution in [-0.2, 0) is 20.0 Å². The van der Waals surface area contributed by atoms with Crippen LogP contribution >= 0.6 is 0 Å². The second kappa shape index (κ2) is 6.31. The number of hydrogen-bond donors (Lipinski definition) is 1. The molecular weight excluding hydrogens is 224 g/mol. The molecule has 18 heavy (non-hydrogen) atoms. The van der Waals surface area contributed by atoms with Crippen molar-refractivity contribution in [1.82, 2.24) is 20.1 Å². The average Bonchev–Trinajstić information content (AvgIpc) is 2.81. The molecule has 0 aliphatic rings. The van der Waals surface area contributed by atoms with E-state index >= 15 is 0 Å². The molecule has 0 amide bonds. The zero-order chi connectivity index (χ0) is 12.8. The number of hydrogen-bond acceptors (Lipinski definition) is 3. The first-order valence-electron chi connectivity index (χ1n) is 6.39. The van der Waals surface area contributed by atoms with E-state index in [9.17, 15) is 0 Å².